The van der Waals surface area contributed by atoms with E-state index in [0.29, 0.717) is 18.7 Å². The number of piperazine rings is 1. The minimum atomic E-state index is -3.50. The summed E-state index contributed by atoms with van der Waals surface area (Å²) in [5.41, 5.74) is 3.25. The van der Waals surface area contributed by atoms with Crippen LogP contribution in [0.4, 0.5) is 0 Å². The number of nitrogens with one attached hydrogen (secondary N) is 2. The highest BCUT2D eigenvalue weighted by atomic mass is 32.2. The first-order chi connectivity index (χ1) is 11.5. The topological polar surface area (TPSA) is 74.2 Å². The van der Waals surface area contributed by atoms with Crippen molar-refractivity contribution in [3.63, 3.8) is 0 Å². The number of hydrogen-bond donors (Lipinski definition) is 2. The number of benzene rings is 1. The lowest BCUT2D eigenvalue weighted by atomic mass is 10.2. The normalized spacial score (nSPS) is 21.0. The summed E-state index contributed by atoms with van der Waals surface area (Å²) in [5.74, 6) is -0.256. The van der Waals surface area contributed by atoms with Crippen molar-refractivity contribution in [1.29, 1.82) is 0 Å². The van der Waals surface area contributed by atoms with Crippen LogP contribution in [0.3, 0.4) is 0 Å². The molecule has 132 valence electrons. The van der Waals surface area contributed by atoms with Gasteiger partial charge in [-0.25, -0.2) is 13.4 Å². The Morgan fingerprint density at radius 3 is 2.46 bits per heavy atom. The minimum Gasteiger partial charge on any atom is -0.335 e. The Balaban J connectivity index is 1.71. The predicted molar refractivity (Wildman–Crippen MR) is 90.1 cm³/mol. The third-order valence-corrected chi connectivity index (χ3v) is 6.57. The lowest BCUT2D eigenvalue weighted by molar-refractivity contribution is -0.884. The van der Waals surface area contributed by atoms with E-state index in [9.17, 15) is 13.2 Å². The smallest absolute Gasteiger partial charge is 0.265 e. The van der Waals surface area contributed by atoms with Crippen LogP contribution in [0.15, 0.2) is 29.2 Å². The second-order valence-corrected chi connectivity index (χ2v) is 8.46. The highest BCUT2D eigenvalue weighted by Crippen LogP contribution is 2.21. The van der Waals surface area contributed by atoms with Gasteiger partial charge in [0.2, 0.25) is 10.0 Å². The van der Waals surface area contributed by atoms with Crippen molar-refractivity contribution >= 4 is 15.9 Å². The van der Waals surface area contributed by atoms with E-state index in [4.69, 9.17) is 0 Å². The Hall–Kier alpha value is -1.48. The summed E-state index contributed by atoms with van der Waals surface area (Å²) in [7, 11) is -1.37. The molecule has 0 aromatic heterocycles. The number of nitrogens with zero attached hydrogens (tertiary/aromatic N) is 2. The number of likely N-dealkylation sites (N-methyl/N-ethyl adjacent to an activating group) is 1. The molecule has 24 heavy (non-hydrogen) atoms. The molecule has 1 aromatic carbocycles. The summed E-state index contributed by atoms with van der Waals surface area (Å²) >= 11 is 0. The third-order valence-electron chi connectivity index (χ3n) is 4.68. The van der Waals surface area contributed by atoms with E-state index in [1.807, 2.05) is 5.01 Å². The van der Waals surface area contributed by atoms with Gasteiger partial charge in [-0.2, -0.15) is 4.31 Å². The lowest BCUT2D eigenvalue weighted by Crippen LogP contribution is -3.12. The van der Waals surface area contributed by atoms with Crippen molar-refractivity contribution in [2.24, 2.45) is 0 Å². The van der Waals surface area contributed by atoms with Crippen LogP contribution in [-0.4, -0.2) is 70.0 Å². The van der Waals surface area contributed by atoms with Gasteiger partial charge in [0.25, 0.3) is 5.91 Å². The van der Waals surface area contributed by atoms with E-state index >= 15 is 0 Å². The third kappa shape index (κ3) is 3.77. The largest absolute Gasteiger partial charge is 0.335 e. The quantitative estimate of drug-likeness (QED) is 0.724. The molecular weight excluding hydrogens is 328 g/mol. The molecule has 0 spiro atoms. The van der Waals surface area contributed by atoms with Gasteiger partial charge in [0.15, 0.2) is 0 Å². The minimum absolute atomic E-state index is 0.194. The number of rotatable bonds is 4. The first-order valence-electron chi connectivity index (χ1n) is 8.44. The van der Waals surface area contributed by atoms with Crippen LogP contribution in [0.2, 0.25) is 0 Å². The molecule has 8 heteroatoms. The van der Waals surface area contributed by atoms with Crippen molar-refractivity contribution in [2.75, 3.05) is 46.3 Å². The predicted octanol–water partition coefficient (Wildman–Crippen LogP) is -1.05. The van der Waals surface area contributed by atoms with E-state index in [1.165, 1.54) is 15.3 Å². The maximum atomic E-state index is 12.6. The molecule has 2 aliphatic heterocycles. The van der Waals surface area contributed by atoms with Crippen molar-refractivity contribution in [1.82, 2.24) is 14.7 Å². The van der Waals surface area contributed by atoms with Crippen LogP contribution in [0.5, 0.6) is 0 Å². The molecule has 2 N–H and O–H groups in total. The molecule has 0 atom stereocenters. The fraction of sp³-hybridized carbons (Fsp3) is 0.562. The van der Waals surface area contributed by atoms with Crippen LogP contribution < -0.4 is 10.3 Å². The summed E-state index contributed by atoms with van der Waals surface area (Å²) in [4.78, 5) is 14.1. The van der Waals surface area contributed by atoms with Gasteiger partial charge in [-0.3, -0.25) is 10.2 Å². The molecule has 2 fully saturated rings. The Bertz CT molecular complexity index is 693. The summed E-state index contributed by atoms with van der Waals surface area (Å²) < 4.78 is 26.7. The Kier molecular flexibility index (Phi) is 5.19. The molecular formula is C16H25N4O3S+. The first-order valence-corrected chi connectivity index (χ1v) is 9.88. The average molecular weight is 353 g/mol. The zero-order chi connectivity index (χ0) is 17.2. The van der Waals surface area contributed by atoms with Crippen LogP contribution in [0.1, 0.15) is 23.2 Å². The van der Waals surface area contributed by atoms with Crippen LogP contribution in [0, 0.1) is 0 Å². The molecule has 7 nitrogen and oxygen atoms in total. The highest BCUT2D eigenvalue weighted by Gasteiger charge is 2.28. The second kappa shape index (κ2) is 7.18. The number of amides is 1. The van der Waals surface area contributed by atoms with Crippen molar-refractivity contribution < 1.29 is 18.1 Å². The average Bonchev–Trinajstić information content (AvgIpc) is 3.12. The van der Waals surface area contributed by atoms with E-state index in [0.717, 1.165) is 39.0 Å². The zero-order valence-corrected chi connectivity index (χ0v) is 14.8. The van der Waals surface area contributed by atoms with E-state index in [1.54, 1.807) is 18.2 Å². The first kappa shape index (κ1) is 17.3. The number of quaternary nitrogens is 1. The maximum absolute atomic E-state index is 12.6. The maximum Gasteiger partial charge on any atom is 0.265 e. The lowest BCUT2D eigenvalue weighted by Gasteiger charge is -2.30. The molecule has 1 amide bonds. The standard InChI is InChI=1S/C16H24N4O3S/c1-18-9-11-19(12-10-18)17-16(21)14-5-4-6-15(13-14)24(22,23)20-7-2-3-8-20/h4-6,13H,2-3,7-12H2,1H3,(H,17,21)/p+1. The zero-order valence-electron chi connectivity index (χ0n) is 14.0. The van der Waals surface area contributed by atoms with Crippen molar-refractivity contribution in [3.05, 3.63) is 29.8 Å². The Morgan fingerprint density at radius 1 is 1.12 bits per heavy atom. The molecule has 0 aliphatic carbocycles. The number of hydrogen-bond acceptors (Lipinski definition) is 4. The number of hydrazine groups is 1. The summed E-state index contributed by atoms with van der Waals surface area (Å²) in [6, 6.07) is 6.32. The van der Waals surface area contributed by atoms with Gasteiger partial charge in [0.1, 0.15) is 0 Å². The van der Waals surface area contributed by atoms with Crippen molar-refractivity contribution in [2.45, 2.75) is 17.7 Å². The van der Waals surface area contributed by atoms with Gasteiger partial charge in [0, 0.05) is 18.7 Å². The van der Waals surface area contributed by atoms with E-state index in [2.05, 4.69) is 12.5 Å². The molecule has 2 saturated heterocycles. The van der Waals surface area contributed by atoms with E-state index < -0.39 is 10.0 Å². The monoisotopic (exact) mass is 353 g/mol. The van der Waals surface area contributed by atoms with Gasteiger partial charge in [-0.1, -0.05) is 6.07 Å². The molecule has 0 unspecified atom stereocenters. The summed E-state index contributed by atoms with van der Waals surface area (Å²) in [5, 5.41) is 1.90. The highest BCUT2D eigenvalue weighted by molar-refractivity contribution is 7.89. The number of sulfonamides is 1. The second-order valence-electron chi connectivity index (χ2n) is 6.52. The Labute approximate surface area is 143 Å². The summed E-state index contributed by atoms with van der Waals surface area (Å²) in [6.07, 6.45) is 1.79. The van der Waals surface area contributed by atoms with Gasteiger partial charge < -0.3 is 4.90 Å². The molecule has 2 heterocycles. The number of carbonyl (C=O) groups excluding carboxylic acids is 1. The molecule has 3 rings (SSSR count). The SMILES string of the molecule is C[NH+]1CCN(NC(=O)c2cccc(S(=O)(=O)N3CCCC3)c2)CC1. The van der Waals surface area contributed by atoms with Crippen LogP contribution >= 0.6 is 0 Å². The summed E-state index contributed by atoms with van der Waals surface area (Å²) in [6.45, 7) is 4.66. The van der Waals surface area contributed by atoms with Crippen LogP contribution in [-0.2, 0) is 10.0 Å². The van der Waals surface area contributed by atoms with Gasteiger partial charge in [-0.15, -0.1) is 0 Å². The Morgan fingerprint density at radius 2 is 1.79 bits per heavy atom. The molecule has 0 bridgehead atoms. The molecule has 0 saturated carbocycles. The molecule has 1 aromatic rings. The van der Waals surface area contributed by atoms with Crippen LogP contribution in [0.25, 0.3) is 0 Å². The fourth-order valence-electron chi connectivity index (χ4n) is 3.08. The van der Waals surface area contributed by atoms with Gasteiger partial charge in [0.05, 0.1) is 38.1 Å². The van der Waals surface area contributed by atoms with Gasteiger partial charge >= 0.3 is 0 Å². The van der Waals surface area contributed by atoms with Crippen molar-refractivity contribution in [3.8, 4) is 0 Å². The molecule has 2 aliphatic rings. The molecule has 0 radical (unpaired) electrons. The van der Waals surface area contributed by atoms with E-state index in [-0.39, 0.29) is 10.8 Å². The van der Waals surface area contributed by atoms with Gasteiger partial charge in [-0.05, 0) is 31.0 Å². The number of carbonyl (C=O) groups is 1. The fourth-order valence-corrected chi connectivity index (χ4v) is 4.65.